The molecule has 0 aromatic rings. The van der Waals surface area contributed by atoms with E-state index in [1.54, 1.807) is 0 Å². The normalized spacial score (nSPS) is 12.2. The molecule has 0 saturated carbocycles. The Morgan fingerprint density at radius 1 is 1.23 bits per heavy atom. The monoisotopic (exact) mass is 221 g/mol. The van der Waals surface area contributed by atoms with Crippen LogP contribution >= 0.6 is 17.4 Å². The first-order valence-electron chi connectivity index (χ1n) is 5.01. The van der Waals surface area contributed by atoms with Crippen molar-refractivity contribution in [3.8, 4) is 0 Å². The van der Waals surface area contributed by atoms with Crippen LogP contribution in [-0.4, -0.2) is 13.1 Å². The van der Waals surface area contributed by atoms with Crippen molar-refractivity contribution in [3.63, 3.8) is 0 Å². The van der Waals surface area contributed by atoms with Crippen molar-refractivity contribution >= 4 is 17.4 Å². The summed E-state index contributed by atoms with van der Waals surface area (Å²) in [4.78, 5) is 3.23. The molecular weight excluding hydrogens is 200 g/mol. The molecule has 0 rings (SSSR count). The summed E-state index contributed by atoms with van der Waals surface area (Å²) >= 11 is 0. The van der Waals surface area contributed by atoms with E-state index >= 15 is 0 Å². The van der Waals surface area contributed by atoms with Crippen molar-refractivity contribution in [1.29, 1.82) is 0 Å². The molecule has 0 amide bonds. The van der Waals surface area contributed by atoms with E-state index in [1.165, 1.54) is 25.7 Å². The van der Waals surface area contributed by atoms with Crippen molar-refractivity contribution in [1.82, 2.24) is 9.95 Å². The van der Waals surface area contributed by atoms with Crippen molar-refractivity contribution in [2.75, 3.05) is 13.1 Å². The second-order valence-electron chi connectivity index (χ2n) is 2.84. The van der Waals surface area contributed by atoms with Gasteiger partial charge in [-0.2, -0.15) is 0 Å². The van der Waals surface area contributed by atoms with Crippen molar-refractivity contribution in [2.24, 2.45) is 4.74 Å². The molecule has 0 fully saturated rings. The molecule has 0 radical (unpaired) electrons. The summed E-state index contributed by atoms with van der Waals surface area (Å²) in [6.45, 7) is 6.50. The van der Waals surface area contributed by atoms with E-state index in [2.05, 4.69) is 28.5 Å². The molecule has 5 heteroatoms. The zero-order valence-corrected chi connectivity index (χ0v) is 10.5. The topological polar surface area (TPSA) is 36.4 Å². The van der Waals surface area contributed by atoms with Gasteiger partial charge in [-0.3, -0.25) is 9.83 Å². The van der Waals surface area contributed by atoms with Gasteiger partial charge in [-0.1, -0.05) is 26.7 Å². The molecule has 1 atom stereocenters. The lowest BCUT2D eigenvalue weighted by Crippen LogP contribution is -2.05. The number of hydrogen-bond acceptors (Lipinski definition) is 2. The van der Waals surface area contributed by atoms with E-state index in [4.69, 9.17) is 0 Å². The maximum absolute atomic E-state index is 4.31. The fraction of sp³-hybridized carbons (Fsp3) is 1.00. The molecule has 0 aliphatic heterocycles. The second-order valence-corrected chi connectivity index (χ2v) is 4.82. The van der Waals surface area contributed by atoms with E-state index in [0.717, 1.165) is 21.6 Å². The predicted octanol–water partition coefficient (Wildman–Crippen LogP) is 3.32. The summed E-state index contributed by atoms with van der Waals surface area (Å²) in [5.74, 6) is 0. The number of nitrogens with zero attached hydrogens (tertiary/aromatic N) is 1. The Bertz CT molecular complexity index is 120. The summed E-state index contributed by atoms with van der Waals surface area (Å²) < 4.78 is 4.31. The maximum atomic E-state index is 4.31. The zero-order valence-electron chi connectivity index (χ0n) is 8.64. The van der Waals surface area contributed by atoms with E-state index < -0.39 is 0 Å². The standard InChI is InChI=1S/C8H21N3P2/c1-3-5-7-9-12-11-13-10-8-6-4-2/h9,12H,3-8H2,1-2H3,(H,10,11). The lowest BCUT2D eigenvalue weighted by molar-refractivity contribution is 0.773. The molecule has 0 aromatic carbocycles. The van der Waals surface area contributed by atoms with Gasteiger partial charge in [0.2, 0.25) is 0 Å². The maximum Gasteiger partial charge on any atom is 0.0952 e. The van der Waals surface area contributed by atoms with Gasteiger partial charge in [0.25, 0.3) is 0 Å². The van der Waals surface area contributed by atoms with Crippen molar-refractivity contribution in [2.45, 2.75) is 39.5 Å². The highest BCUT2D eigenvalue weighted by Crippen LogP contribution is 2.06. The molecular formula is C8H21N3P2. The lowest BCUT2D eigenvalue weighted by atomic mass is 10.3. The smallest absolute Gasteiger partial charge is 0.0952 e. The summed E-state index contributed by atoms with van der Waals surface area (Å²) in [5, 5.41) is 3.33. The molecule has 0 saturated heterocycles. The van der Waals surface area contributed by atoms with E-state index in [-0.39, 0.29) is 0 Å². The Kier molecular flexibility index (Phi) is 12.9. The first-order chi connectivity index (χ1) is 6.41. The van der Waals surface area contributed by atoms with Gasteiger partial charge in [-0.05, 0) is 19.4 Å². The highest BCUT2D eigenvalue weighted by molar-refractivity contribution is 7.46. The minimum atomic E-state index is 0.648. The van der Waals surface area contributed by atoms with Gasteiger partial charge in [0.05, 0.1) is 8.52 Å². The Morgan fingerprint density at radius 2 is 2.00 bits per heavy atom. The SMILES string of the molecule is CCCCN=PNPNCCCC. The van der Waals surface area contributed by atoms with Crippen molar-refractivity contribution < 1.29 is 0 Å². The Labute approximate surface area is 85.3 Å². The highest BCUT2D eigenvalue weighted by atomic mass is 31.1. The van der Waals surface area contributed by atoms with Crippen LogP contribution < -0.4 is 9.95 Å². The molecule has 2 N–H and O–H groups in total. The van der Waals surface area contributed by atoms with Gasteiger partial charge in [0, 0.05) is 15.4 Å². The molecule has 3 nitrogen and oxygen atoms in total. The van der Waals surface area contributed by atoms with Gasteiger partial charge >= 0.3 is 0 Å². The molecule has 0 aliphatic carbocycles. The highest BCUT2D eigenvalue weighted by Gasteiger charge is 1.83. The minimum Gasteiger partial charge on any atom is -0.286 e. The van der Waals surface area contributed by atoms with Crippen LogP contribution in [0.5, 0.6) is 0 Å². The van der Waals surface area contributed by atoms with E-state index in [1.807, 2.05) is 0 Å². The average Bonchev–Trinajstić information content (AvgIpc) is 2.16. The van der Waals surface area contributed by atoms with Gasteiger partial charge in [0.15, 0.2) is 0 Å². The summed E-state index contributed by atoms with van der Waals surface area (Å²) in [5.41, 5.74) is 0. The largest absolute Gasteiger partial charge is 0.286 e. The minimum absolute atomic E-state index is 0.648. The van der Waals surface area contributed by atoms with Gasteiger partial charge in [-0.25, -0.2) is 4.86 Å². The molecule has 0 aliphatic rings. The Balaban J connectivity index is 2.93. The first-order valence-corrected chi connectivity index (χ1v) is 6.85. The van der Waals surface area contributed by atoms with Crippen LogP contribution in [0.15, 0.2) is 4.74 Å². The van der Waals surface area contributed by atoms with Crippen molar-refractivity contribution in [3.05, 3.63) is 0 Å². The van der Waals surface area contributed by atoms with E-state index in [9.17, 15) is 0 Å². The number of hydrogen-bond donors (Lipinski definition) is 2. The van der Waals surface area contributed by atoms with Crippen LogP contribution in [0, 0.1) is 0 Å². The van der Waals surface area contributed by atoms with Crippen LogP contribution in [0.3, 0.4) is 0 Å². The first kappa shape index (κ1) is 13.4. The average molecular weight is 221 g/mol. The third-order valence-corrected chi connectivity index (χ3v) is 3.15. The van der Waals surface area contributed by atoms with Crippen LogP contribution in [0.4, 0.5) is 0 Å². The fourth-order valence-corrected chi connectivity index (χ4v) is 2.05. The third-order valence-electron chi connectivity index (χ3n) is 1.53. The number of unbranched alkanes of at least 4 members (excludes halogenated alkanes) is 2. The summed E-state index contributed by atoms with van der Waals surface area (Å²) in [6.07, 6.45) is 4.96. The van der Waals surface area contributed by atoms with Gasteiger partial charge in [-0.15, -0.1) is 0 Å². The molecule has 0 aromatic heterocycles. The summed E-state index contributed by atoms with van der Waals surface area (Å²) in [6, 6.07) is 0. The molecule has 13 heavy (non-hydrogen) atoms. The van der Waals surface area contributed by atoms with Crippen LogP contribution in [0.25, 0.3) is 0 Å². The predicted molar refractivity (Wildman–Crippen MR) is 63.5 cm³/mol. The summed E-state index contributed by atoms with van der Waals surface area (Å²) in [7, 11) is 1.68. The van der Waals surface area contributed by atoms with Gasteiger partial charge < -0.3 is 0 Å². The van der Waals surface area contributed by atoms with Gasteiger partial charge in [0.1, 0.15) is 0 Å². The Morgan fingerprint density at radius 3 is 2.69 bits per heavy atom. The zero-order chi connectivity index (χ0) is 9.78. The molecule has 78 valence electrons. The van der Waals surface area contributed by atoms with Crippen LogP contribution in [-0.2, 0) is 0 Å². The van der Waals surface area contributed by atoms with Crippen LogP contribution in [0.2, 0.25) is 0 Å². The molecule has 0 bridgehead atoms. The molecule has 0 spiro atoms. The second kappa shape index (κ2) is 12.4. The molecule has 0 heterocycles. The van der Waals surface area contributed by atoms with Crippen LogP contribution in [0.1, 0.15) is 39.5 Å². The number of nitrogens with one attached hydrogen (secondary N) is 2. The third kappa shape index (κ3) is 12.4. The quantitative estimate of drug-likeness (QED) is 0.463. The fourth-order valence-electron chi connectivity index (χ4n) is 0.706. The molecule has 1 unspecified atom stereocenters. The lowest BCUT2D eigenvalue weighted by Gasteiger charge is -2.00. The number of rotatable bonds is 9. The van der Waals surface area contributed by atoms with E-state index in [0.29, 0.717) is 8.88 Å². The Hall–Kier alpha value is 0.450.